The highest BCUT2D eigenvalue weighted by atomic mass is 19.1. The molecule has 0 unspecified atom stereocenters. The summed E-state index contributed by atoms with van der Waals surface area (Å²) in [7, 11) is 1.37. The van der Waals surface area contributed by atoms with E-state index in [4.69, 9.17) is 9.84 Å². The van der Waals surface area contributed by atoms with Crippen LogP contribution in [0, 0.1) is 5.82 Å². The number of nitrogens with zero attached hydrogens (tertiary/aromatic N) is 1. The van der Waals surface area contributed by atoms with Gasteiger partial charge in [-0.3, -0.25) is 4.79 Å². The number of hydrogen-bond acceptors (Lipinski definition) is 3. The van der Waals surface area contributed by atoms with E-state index in [-0.39, 0.29) is 23.8 Å². The molecule has 0 aliphatic carbocycles. The minimum absolute atomic E-state index is 0.0285. The highest BCUT2D eigenvalue weighted by molar-refractivity contribution is 5.94. The quantitative estimate of drug-likeness (QED) is 0.841. The lowest BCUT2D eigenvalue weighted by Gasteiger charge is -2.20. The zero-order valence-corrected chi connectivity index (χ0v) is 10.6. The van der Waals surface area contributed by atoms with Gasteiger partial charge < -0.3 is 14.7 Å². The number of carbonyl (C=O) groups excluding carboxylic acids is 1. The van der Waals surface area contributed by atoms with Crippen LogP contribution >= 0.6 is 0 Å². The Morgan fingerprint density at radius 3 is 2.72 bits per heavy atom. The first-order valence-corrected chi connectivity index (χ1v) is 5.87. The van der Waals surface area contributed by atoms with Crippen LogP contribution in [0.25, 0.3) is 0 Å². The Bertz CT molecular complexity index is 409. The third kappa shape index (κ3) is 3.43. The van der Waals surface area contributed by atoms with Crippen LogP contribution in [0.2, 0.25) is 0 Å². The molecule has 0 radical (unpaired) electrons. The van der Waals surface area contributed by atoms with Crippen LogP contribution in [0.5, 0.6) is 5.75 Å². The second-order valence-electron chi connectivity index (χ2n) is 3.81. The molecule has 1 amide bonds. The number of rotatable bonds is 6. The summed E-state index contributed by atoms with van der Waals surface area (Å²) in [5.41, 5.74) is 0.285. The fourth-order valence-electron chi connectivity index (χ4n) is 1.65. The van der Waals surface area contributed by atoms with E-state index in [1.165, 1.54) is 25.3 Å². The zero-order chi connectivity index (χ0) is 13.5. The number of methoxy groups -OCH3 is 1. The monoisotopic (exact) mass is 255 g/mol. The Labute approximate surface area is 106 Å². The molecule has 0 heterocycles. The van der Waals surface area contributed by atoms with Gasteiger partial charge >= 0.3 is 0 Å². The number of ether oxygens (including phenoxy) is 1. The van der Waals surface area contributed by atoms with E-state index in [1.807, 2.05) is 6.92 Å². The standard InChI is InChI=1S/C13H18FNO3/c1-3-15(7-4-8-16)13(17)10-5-6-12(18-2)11(14)9-10/h5-6,9,16H,3-4,7-8H2,1-2H3. The number of amides is 1. The molecular formula is C13H18FNO3. The van der Waals surface area contributed by atoms with Crippen molar-refractivity contribution in [2.75, 3.05) is 26.8 Å². The maximum absolute atomic E-state index is 13.5. The van der Waals surface area contributed by atoms with Gasteiger partial charge in [0.05, 0.1) is 7.11 Å². The lowest BCUT2D eigenvalue weighted by molar-refractivity contribution is 0.0753. The molecule has 18 heavy (non-hydrogen) atoms. The van der Waals surface area contributed by atoms with Gasteiger partial charge in [0.15, 0.2) is 11.6 Å². The molecule has 0 bridgehead atoms. The van der Waals surface area contributed by atoms with Crippen molar-refractivity contribution in [2.24, 2.45) is 0 Å². The zero-order valence-electron chi connectivity index (χ0n) is 10.6. The fourth-order valence-corrected chi connectivity index (χ4v) is 1.65. The Kier molecular flexibility index (Phi) is 5.58. The predicted octanol–water partition coefficient (Wildman–Crippen LogP) is 1.68. The molecule has 5 heteroatoms. The molecule has 100 valence electrons. The molecule has 1 aromatic carbocycles. The maximum Gasteiger partial charge on any atom is 0.253 e. The molecule has 0 saturated heterocycles. The fraction of sp³-hybridized carbons (Fsp3) is 0.462. The molecule has 1 N–H and O–H groups in total. The van der Waals surface area contributed by atoms with Crippen LogP contribution < -0.4 is 4.74 Å². The van der Waals surface area contributed by atoms with E-state index in [0.29, 0.717) is 19.5 Å². The normalized spacial score (nSPS) is 10.2. The molecule has 1 rings (SSSR count). The Hall–Kier alpha value is -1.62. The Morgan fingerprint density at radius 1 is 1.50 bits per heavy atom. The van der Waals surface area contributed by atoms with E-state index in [2.05, 4.69) is 0 Å². The van der Waals surface area contributed by atoms with Crippen molar-refractivity contribution >= 4 is 5.91 Å². The summed E-state index contributed by atoms with van der Waals surface area (Å²) in [5.74, 6) is -0.681. The number of benzene rings is 1. The smallest absolute Gasteiger partial charge is 0.253 e. The highest BCUT2D eigenvalue weighted by Crippen LogP contribution is 2.18. The van der Waals surface area contributed by atoms with Crippen molar-refractivity contribution in [1.29, 1.82) is 0 Å². The van der Waals surface area contributed by atoms with Gasteiger partial charge in [0.1, 0.15) is 0 Å². The molecule has 0 aliphatic rings. The van der Waals surface area contributed by atoms with Crippen molar-refractivity contribution in [1.82, 2.24) is 4.90 Å². The molecule has 4 nitrogen and oxygen atoms in total. The lowest BCUT2D eigenvalue weighted by atomic mass is 10.1. The van der Waals surface area contributed by atoms with Crippen LogP contribution in [0.15, 0.2) is 18.2 Å². The number of hydrogen-bond donors (Lipinski definition) is 1. The number of aliphatic hydroxyl groups excluding tert-OH is 1. The van der Waals surface area contributed by atoms with Crippen LogP contribution in [0.1, 0.15) is 23.7 Å². The van der Waals surface area contributed by atoms with E-state index in [1.54, 1.807) is 4.90 Å². The molecule has 0 aliphatic heterocycles. The average Bonchev–Trinajstić information content (AvgIpc) is 2.39. The molecule has 0 saturated carbocycles. The van der Waals surface area contributed by atoms with Gasteiger partial charge in [-0.15, -0.1) is 0 Å². The first kappa shape index (κ1) is 14.4. The van der Waals surface area contributed by atoms with Gasteiger partial charge in [-0.25, -0.2) is 4.39 Å². The van der Waals surface area contributed by atoms with Crippen molar-refractivity contribution < 1.29 is 19.0 Å². The van der Waals surface area contributed by atoms with Gasteiger partial charge in [0, 0.05) is 25.3 Å². The summed E-state index contributed by atoms with van der Waals surface area (Å²) in [5, 5.41) is 8.76. The Morgan fingerprint density at radius 2 is 2.22 bits per heavy atom. The molecule has 0 spiro atoms. The first-order valence-electron chi connectivity index (χ1n) is 5.87. The average molecular weight is 255 g/mol. The topological polar surface area (TPSA) is 49.8 Å². The van der Waals surface area contributed by atoms with Gasteiger partial charge in [-0.1, -0.05) is 0 Å². The van der Waals surface area contributed by atoms with Crippen molar-refractivity contribution in [3.05, 3.63) is 29.6 Å². The van der Waals surface area contributed by atoms with E-state index in [0.717, 1.165) is 0 Å². The summed E-state index contributed by atoms with van der Waals surface area (Å²) >= 11 is 0. The van der Waals surface area contributed by atoms with Gasteiger partial charge in [0.2, 0.25) is 0 Å². The van der Waals surface area contributed by atoms with Crippen LogP contribution in [0.4, 0.5) is 4.39 Å². The minimum atomic E-state index is -0.554. The van der Waals surface area contributed by atoms with Crippen LogP contribution in [-0.4, -0.2) is 42.7 Å². The molecular weight excluding hydrogens is 237 g/mol. The summed E-state index contributed by atoms with van der Waals surface area (Å²) < 4.78 is 18.3. The number of aliphatic hydroxyl groups is 1. The summed E-state index contributed by atoms with van der Waals surface area (Å²) in [4.78, 5) is 13.6. The minimum Gasteiger partial charge on any atom is -0.494 e. The molecule has 0 aromatic heterocycles. The predicted molar refractivity (Wildman–Crippen MR) is 66.2 cm³/mol. The molecule has 0 fully saturated rings. The van der Waals surface area contributed by atoms with Crippen LogP contribution in [-0.2, 0) is 0 Å². The van der Waals surface area contributed by atoms with Gasteiger partial charge in [-0.05, 0) is 31.5 Å². The summed E-state index contributed by atoms with van der Waals surface area (Å²) in [6.45, 7) is 2.85. The maximum atomic E-state index is 13.5. The largest absolute Gasteiger partial charge is 0.494 e. The van der Waals surface area contributed by atoms with Crippen molar-refractivity contribution in [3.8, 4) is 5.75 Å². The molecule has 1 aromatic rings. The van der Waals surface area contributed by atoms with Crippen LogP contribution in [0.3, 0.4) is 0 Å². The van der Waals surface area contributed by atoms with Gasteiger partial charge in [-0.2, -0.15) is 0 Å². The van der Waals surface area contributed by atoms with E-state index >= 15 is 0 Å². The van der Waals surface area contributed by atoms with Crippen molar-refractivity contribution in [3.63, 3.8) is 0 Å². The lowest BCUT2D eigenvalue weighted by Crippen LogP contribution is -2.32. The van der Waals surface area contributed by atoms with E-state index in [9.17, 15) is 9.18 Å². The second-order valence-corrected chi connectivity index (χ2v) is 3.81. The summed E-state index contributed by atoms with van der Waals surface area (Å²) in [6.07, 6.45) is 0.512. The SMILES string of the molecule is CCN(CCCO)C(=O)c1ccc(OC)c(F)c1. The number of carbonyl (C=O) groups is 1. The molecule has 0 atom stereocenters. The van der Waals surface area contributed by atoms with Crippen molar-refractivity contribution in [2.45, 2.75) is 13.3 Å². The summed E-state index contributed by atoms with van der Waals surface area (Å²) in [6, 6.07) is 4.14. The van der Waals surface area contributed by atoms with E-state index < -0.39 is 5.82 Å². The highest BCUT2D eigenvalue weighted by Gasteiger charge is 2.15. The van der Waals surface area contributed by atoms with Gasteiger partial charge in [0.25, 0.3) is 5.91 Å². The number of halogens is 1. The Balaban J connectivity index is 2.84. The second kappa shape index (κ2) is 6.96. The third-order valence-electron chi connectivity index (χ3n) is 2.65. The third-order valence-corrected chi connectivity index (χ3v) is 2.65. The first-order chi connectivity index (χ1) is 8.63.